The Bertz CT molecular complexity index is 669. The van der Waals surface area contributed by atoms with Gasteiger partial charge in [-0.15, -0.1) is 11.8 Å². The molecule has 0 saturated carbocycles. The maximum absolute atomic E-state index is 12.1. The number of benzene rings is 1. The predicted molar refractivity (Wildman–Crippen MR) is 95.3 cm³/mol. The molecule has 1 N–H and O–H groups in total. The molecule has 0 saturated heterocycles. The van der Waals surface area contributed by atoms with Crippen molar-refractivity contribution in [3.8, 4) is 0 Å². The first-order chi connectivity index (χ1) is 11.6. The van der Waals surface area contributed by atoms with E-state index in [0.29, 0.717) is 10.6 Å². The summed E-state index contributed by atoms with van der Waals surface area (Å²) in [5.74, 6) is -0.0128. The average Bonchev–Trinajstić information content (AvgIpc) is 2.45. The van der Waals surface area contributed by atoms with Gasteiger partial charge in [0.05, 0.1) is 17.1 Å². The second-order valence-electron chi connectivity index (χ2n) is 5.90. The Morgan fingerprint density at radius 3 is 2.40 bits per heavy atom. The highest BCUT2D eigenvalue weighted by Gasteiger charge is 2.25. The number of anilines is 1. The van der Waals surface area contributed by atoms with E-state index >= 15 is 0 Å². The zero-order chi connectivity index (χ0) is 19.2. The van der Waals surface area contributed by atoms with E-state index in [4.69, 9.17) is 9.47 Å². The van der Waals surface area contributed by atoms with Gasteiger partial charge < -0.3 is 9.47 Å². The molecule has 0 bridgehead atoms. The highest BCUT2D eigenvalue weighted by Crippen LogP contribution is 2.34. The molecule has 8 nitrogen and oxygen atoms in total. The van der Waals surface area contributed by atoms with Gasteiger partial charge in [-0.1, -0.05) is 6.92 Å². The monoisotopic (exact) mass is 370 g/mol. The lowest BCUT2D eigenvalue weighted by molar-refractivity contribution is -0.384. The van der Waals surface area contributed by atoms with E-state index in [0.717, 1.165) is 6.07 Å². The third kappa shape index (κ3) is 6.26. The van der Waals surface area contributed by atoms with Crippen LogP contribution < -0.4 is 5.32 Å². The fourth-order valence-electron chi connectivity index (χ4n) is 1.88. The first-order valence-electron chi connectivity index (χ1n) is 7.71. The molecule has 1 aromatic carbocycles. The fourth-order valence-corrected chi connectivity index (χ4v) is 2.69. The van der Waals surface area contributed by atoms with Crippen molar-refractivity contribution >= 4 is 35.2 Å². The van der Waals surface area contributed by atoms with E-state index in [1.165, 1.54) is 17.8 Å². The number of carbonyl (C=O) groups excluding carboxylic acids is 2. The molecule has 1 aromatic rings. The van der Waals surface area contributed by atoms with Gasteiger partial charge in [0.2, 0.25) is 0 Å². The molecule has 0 aromatic heterocycles. The first-order valence-corrected chi connectivity index (χ1v) is 8.70. The molecule has 0 fully saturated rings. The second kappa shape index (κ2) is 8.70. The number of nitrogens with zero attached hydrogens (tertiary/aromatic N) is 1. The van der Waals surface area contributed by atoms with Crippen LogP contribution in [-0.2, 0) is 9.47 Å². The summed E-state index contributed by atoms with van der Waals surface area (Å²) in [7, 11) is 0. The molecular formula is C16H22N2O6S. The SMILES string of the molecule is CCOC(=O)c1cc([N+](=O)[O-])c(NC(=O)OC(C)(C)C)cc1SCC. The number of rotatable bonds is 6. The molecule has 138 valence electrons. The van der Waals surface area contributed by atoms with Gasteiger partial charge in [-0.3, -0.25) is 15.4 Å². The van der Waals surface area contributed by atoms with Gasteiger partial charge in [-0.25, -0.2) is 9.59 Å². The normalized spacial score (nSPS) is 10.9. The first kappa shape index (κ1) is 20.8. The Kier molecular flexibility index (Phi) is 7.22. The topological polar surface area (TPSA) is 108 Å². The van der Waals surface area contributed by atoms with Crippen LogP contribution in [0.1, 0.15) is 45.0 Å². The largest absolute Gasteiger partial charge is 0.462 e. The summed E-state index contributed by atoms with van der Waals surface area (Å²) in [5.41, 5.74) is -1.10. The summed E-state index contributed by atoms with van der Waals surface area (Å²) in [6, 6.07) is 2.51. The van der Waals surface area contributed by atoms with E-state index in [1.54, 1.807) is 27.7 Å². The number of nitrogens with one attached hydrogen (secondary N) is 1. The molecule has 0 atom stereocenters. The maximum atomic E-state index is 12.1. The number of carbonyl (C=O) groups is 2. The van der Waals surface area contributed by atoms with Crippen molar-refractivity contribution in [2.45, 2.75) is 45.1 Å². The maximum Gasteiger partial charge on any atom is 0.412 e. The van der Waals surface area contributed by atoms with Crippen molar-refractivity contribution in [3.05, 3.63) is 27.8 Å². The minimum absolute atomic E-state index is 0.0387. The zero-order valence-electron chi connectivity index (χ0n) is 14.9. The molecule has 1 amide bonds. The van der Waals surface area contributed by atoms with Crippen molar-refractivity contribution in [3.63, 3.8) is 0 Å². The summed E-state index contributed by atoms with van der Waals surface area (Å²) < 4.78 is 10.1. The van der Waals surface area contributed by atoms with Crippen molar-refractivity contribution < 1.29 is 24.0 Å². The Morgan fingerprint density at radius 1 is 1.28 bits per heavy atom. The van der Waals surface area contributed by atoms with E-state index in [-0.39, 0.29) is 17.9 Å². The summed E-state index contributed by atoms with van der Waals surface area (Å²) in [6.45, 7) is 8.73. The van der Waals surface area contributed by atoms with Gasteiger partial charge in [0, 0.05) is 11.0 Å². The number of esters is 1. The Hall–Kier alpha value is -2.29. The molecule has 1 rings (SSSR count). The lowest BCUT2D eigenvalue weighted by atomic mass is 10.1. The van der Waals surface area contributed by atoms with Gasteiger partial charge >= 0.3 is 12.1 Å². The van der Waals surface area contributed by atoms with Crippen molar-refractivity contribution in [1.29, 1.82) is 0 Å². The number of nitro groups is 1. The number of thioether (sulfide) groups is 1. The molecule has 0 aliphatic rings. The zero-order valence-corrected chi connectivity index (χ0v) is 15.7. The lowest BCUT2D eigenvalue weighted by Gasteiger charge is -2.20. The Balaban J connectivity index is 3.32. The van der Waals surface area contributed by atoms with Crippen molar-refractivity contribution in [2.24, 2.45) is 0 Å². The van der Waals surface area contributed by atoms with Crippen LogP contribution in [0.5, 0.6) is 0 Å². The number of ether oxygens (including phenoxy) is 2. The molecule has 9 heteroatoms. The van der Waals surface area contributed by atoms with Gasteiger partial charge in [0.1, 0.15) is 11.3 Å². The second-order valence-corrected chi connectivity index (χ2v) is 7.21. The molecule has 0 aliphatic heterocycles. The average molecular weight is 370 g/mol. The van der Waals surface area contributed by atoms with Crippen LogP contribution in [0.25, 0.3) is 0 Å². The predicted octanol–water partition coefficient (Wildman–Crippen LogP) is 4.23. The van der Waals surface area contributed by atoms with E-state index in [2.05, 4.69) is 5.32 Å². The number of hydrogen-bond acceptors (Lipinski definition) is 7. The highest BCUT2D eigenvalue weighted by atomic mass is 32.2. The van der Waals surface area contributed by atoms with Crippen LogP contribution in [0.2, 0.25) is 0 Å². The smallest absolute Gasteiger partial charge is 0.412 e. The highest BCUT2D eigenvalue weighted by molar-refractivity contribution is 7.99. The van der Waals surface area contributed by atoms with E-state index < -0.39 is 28.3 Å². The van der Waals surface area contributed by atoms with Gasteiger partial charge in [0.25, 0.3) is 5.69 Å². The number of nitro benzene ring substituents is 1. The fraction of sp³-hybridized carbons (Fsp3) is 0.500. The Labute approximate surface area is 150 Å². The third-order valence-electron chi connectivity index (χ3n) is 2.73. The lowest BCUT2D eigenvalue weighted by Crippen LogP contribution is -2.27. The van der Waals surface area contributed by atoms with Crippen LogP contribution in [0, 0.1) is 10.1 Å². The Morgan fingerprint density at radius 2 is 1.92 bits per heavy atom. The molecule has 25 heavy (non-hydrogen) atoms. The third-order valence-corrected chi connectivity index (χ3v) is 3.66. The summed E-state index contributed by atoms with van der Waals surface area (Å²) >= 11 is 1.32. The summed E-state index contributed by atoms with van der Waals surface area (Å²) in [4.78, 5) is 35.2. The number of amides is 1. The van der Waals surface area contributed by atoms with Crippen LogP contribution in [0.4, 0.5) is 16.2 Å². The number of hydrogen-bond donors (Lipinski definition) is 1. The van der Waals surface area contributed by atoms with Crippen molar-refractivity contribution in [2.75, 3.05) is 17.7 Å². The molecule has 0 radical (unpaired) electrons. The van der Waals surface area contributed by atoms with Crippen LogP contribution in [-0.4, -0.2) is 34.9 Å². The van der Waals surface area contributed by atoms with Gasteiger partial charge in [0.15, 0.2) is 0 Å². The summed E-state index contributed by atoms with van der Waals surface area (Å²) in [5, 5.41) is 13.7. The molecule has 0 unspecified atom stereocenters. The quantitative estimate of drug-likeness (QED) is 0.345. The standard InChI is InChI=1S/C16H22N2O6S/c1-6-23-14(19)10-8-12(18(21)22)11(9-13(10)25-7-2)17-15(20)24-16(3,4)5/h8-9H,6-7H2,1-5H3,(H,17,20). The molecule has 0 aliphatic carbocycles. The van der Waals surface area contributed by atoms with E-state index in [9.17, 15) is 19.7 Å². The van der Waals surface area contributed by atoms with Crippen LogP contribution in [0.3, 0.4) is 0 Å². The minimum atomic E-state index is -0.813. The van der Waals surface area contributed by atoms with Crippen molar-refractivity contribution in [1.82, 2.24) is 0 Å². The van der Waals surface area contributed by atoms with Crippen LogP contribution in [0.15, 0.2) is 17.0 Å². The van der Waals surface area contributed by atoms with Gasteiger partial charge in [-0.05, 0) is 39.5 Å². The minimum Gasteiger partial charge on any atom is -0.462 e. The van der Waals surface area contributed by atoms with Gasteiger partial charge in [-0.2, -0.15) is 0 Å². The molecule has 0 heterocycles. The van der Waals surface area contributed by atoms with E-state index in [1.807, 2.05) is 6.92 Å². The molecule has 0 spiro atoms. The molecular weight excluding hydrogens is 348 g/mol. The summed E-state index contributed by atoms with van der Waals surface area (Å²) in [6.07, 6.45) is -0.813. The van der Waals surface area contributed by atoms with Crippen LogP contribution >= 0.6 is 11.8 Å².